The smallest absolute Gasteiger partial charge is 0.276 e. The summed E-state index contributed by atoms with van der Waals surface area (Å²) in [6.45, 7) is 6.63. The molecule has 30 heavy (non-hydrogen) atoms. The summed E-state index contributed by atoms with van der Waals surface area (Å²) < 4.78 is 9.31. The van der Waals surface area contributed by atoms with E-state index in [0.717, 1.165) is 37.3 Å². The molecule has 0 radical (unpaired) electrons. The molecule has 1 aliphatic heterocycles. The summed E-state index contributed by atoms with van der Waals surface area (Å²) in [4.78, 5) is 15.5. The third-order valence-electron chi connectivity index (χ3n) is 6.90. The topological polar surface area (TPSA) is 94.9 Å². The van der Waals surface area contributed by atoms with Crippen LogP contribution in [0.25, 0.3) is 0 Å². The van der Waals surface area contributed by atoms with Crippen molar-refractivity contribution in [3.8, 4) is 0 Å². The van der Waals surface area contributed by atoms with Crippen molar-refractivity contribution in [3.63, 3.8) is 0 Å². The second-order valence-corrected chi connectivity index (χ2v) is 8.55. The van der Waals surface area contributed by atoms with Gasteiger partial charge >= 0.3 is 0 Å². The van der Waals surface area contributed by atoms with Gasteiger partial charge < -0.3 is 14.0 Å². The predicted molar refractivity (Wildman–Crippen MR) is 108 cm³/mol. The van der Waals surface area contributed by atoms with Crippen LogP contribution in [0.1, 0.15) is 66.2 Å². The SMILES string of the molecule is CCn1cnnc1C1CN(C(=O)c2noc(C)c2Cn2cccn2)CC12CCCC2. The molecule has 1 amide bonds. The van der Waals surface area contributed by atoms with E-state index in [1.807, 2.05) is 24.1 Å². The van der Waals surface area contributed by atoms with E-state index in [2.05, 4.69) is 31.9 Å². The number of aryl methyl sites for hydroxylation is 2. The largest absolute Gasteiger partial charge is 0.361 e. The second-order valence-electron chi connectivity index (χ2n) is 8.55. The molecule has 2 aliphatic rings. The average molecular weight is 409 g/mol. The van der Waals surface area contributed by atoms with Gasteiger partial charge in [-0.2, -0.15) is 5.10 Å². The Kier molecular flexibility index (Phi) is 4.67. The van der Waals surface area contributed by atoms with Gasteiger partial charge in [0.1, 0.15) is 17.9 Å². The van der Waals surface area contributed by atoms with Crippen molar-refractivity contribution in [1.29, 1.82) is 0 Å². The molecule has 1 saturated carbocycles. The zero-order valence-corrected chi connectivity index (χ0v) is 17.5. The first-order chi connectivity index (χ1) is 14.6. The van der Waals surface area contributed by atoms with Gasteiger partial charge in [-0.15, -0.1) is 10.2 Å². The highest BCUT2D eigenvalue weighted by Gasteiger charge is 2.52. The average Bonchev–Trinajstić information content (AvgIpc) is 3.55. The Hall–Kier alpha value is -2.97. The zero-order chi connectivity index (χ0) is 20.7. The lowest BCUT2D eigenvalue weighted by molar-refractivity contribution is 0.0761. The van der Waals surface area contributed by atoms with Crippen LogP contribution in [0.3, 0.4) is 0 Å². The number of amides is 1. The van der Waals surface area contributed by atoms with E-state index in [9.17, 15) is 4.79 Å². The maximum absolute atomic E-state index is 13.6. The summed E-state index contributed by atoms with van der Waals surface area (Å²) in [5.74, 6) is 1.80. The molecule has 4 heterocycles. The van der Waals surface area contributed by atoms with Gasteiger partial charge in [0.15, 0.2) is 5.69 Å². The summed E-state index contributed by atoms with van der Waals surface area (Å²) >= 11 is 0. The van der Waals surface area contributed by atoms with E-state index in [-0.39, 0.29) is 17.2 Å². The van der Waals surface area contributed by atoms with Crippen LogP contribution in [-0.2, 0) is 13.1 Å². The van der Waals surface area contributed by atoms with Crippen LogP contribution in [0.4, 0.5) is 0 Å². The first-order valence-corrected chi connectivity index (χ1v) is 10.7. The van der Waals surface area contributed by atoms with E-state index in [1.165, 1.54) is 12.8 Å². The van der Waals surface area contributed by atoms with Crippen LogP contribution in [0.15, 0.2) is 29.3 Å². The molecule has 1 atom stereocenters. The van der Waals surface area contributed by atoms with Crippen molar-refractivity contribution < 1.29 is 9.32 Å². The summed E-state index contributed by atoms with van der Waals surface area (Å²) in [6.07, 6.45) is 10.0. The minimum atomic E-state index is -0.0645. The first kappa shape index (κ1) is 19.0. The fraction of sp³-hybridized carbons (Fsp3) is 0.571. The molecule has 0 bridgehead atoms. The highest BCUT2D eigenvalue weighted by Crippen LogP contribution is 2.53. The van der Waals surface area contributed by atoms with Crippen LogP contribution < -0.4 is 0 Å². The number of aromatic nitrogens is 6. The quantitative estimate of drug-likeness (QED) is 0.643. The van der Waals surface area contributed by atoms with Gasteiger partial charge in [0.25, 0.3) is 5.91 Å². The molecule has 0 N–H and O–H groups in total. The molecule has 1 spiro atoms. The first-order valence-electron chi connectivity index (χ1n) is 10.7. The van der Waals surface area contributed by atoms with Gasteiger partial charge in [-0.05, 0) is 38.2 Å². The third-order valence-corrected chi connectivity index (χ3v) is 6.90. The summed E-state index contributed by atoms with van der Waals surface area (Å²) in [5.41, 5.74) is 1.27. The molecule has 158 valence electrons. The van der Waals surface area contributed by atoms with Crippen molar-refractivity contribution in [2.75, 3.05) is 13.1 Å². The lowest BCUT2D eigenvalue weighted by atomic mass is 9.76. The molecule has 5 rings (SSSR count). The molecule has 3 aromatic rings. The number of carbonyl (C=O) groups is 1. The number of carbonyl (C=O) groups excluding carboxylic acids is 1. The van der Waals surface area contributed by atoms with E-state index in [1.54, 1.807) is 17.2 Å². The van der Waals surface area contributed by atoms with E-state index >= 15 is 0 Å². The Bertz CT molecular complexity index is 1030. The summed E-state index contributed by atoms with van der Waals surface area (Å²) in [5, 5.41) is 17.0. The van der Waals surface area contributed by atoms with Crippen LogP contribution in [0, 0.1) is 12.3 Å². The molecule has 2 fully saturated rings. The fourth-order valence-corrected chi connectivity index (χ4v) is 5.29. The van der Waals surface area contributed by atoms with Gasteiger partial charge in [-0.25, -0.2) is 0 Å². The lowest BCUT2D eigenvalue weighted by Crippen LogP contribution is -2.32. The van der Waals surface area contributed by atoms with Gasteiger partial charge in [0.05, 0.1) is 6.54 Å². The second kappa shape index (κ2) is 7.37. The van der Waals surface area contributed by atoms with E-state index in [4.69, 9.17) is 4.52 Å². The molecule has 9 heteroatoms. The predicted octanol–water partition coefficient (Wildman–Crippen LogP) is 2.64. The van der Waals surface area contributed by atoms with Crippen molar-refractivity contribution >= 4 is 5.91 Å². The van der Waals surface area contributed by atoms with Crippen LogP contribution >= 0.6 is 0 Å². The minimum absolute atomic E-state index is 0.0645. The van der Waals surface area contributed by atoms with Crippen molar-refractivity contribution in [1.82, 2.24) is 34.6 Å². The molecule has 1 saturated heterocycles. The maximum Gasteiger partial charge on any atom is 0.276 e. The highest BCUT2D eigenvalue weighted by molar-refractivity contribution is 5.94. The molecule has 1 unspecified atom stereocenters. The van der Waals surface area contributed by atoms with Crippen LogP contribution in [-0.4, -0.2) is 53.6 Å². The Morgan fingerprint density at radius 2 is 2.17 bits per heavy atom. The highest BCUT2D eigenvalue weighted by atomic mass is 16.5. The Labute approximate surface area is 175 Å². The van der Waals surface area contributed by atoms with Crippen molar-refractivity contribution in [2.45, 2.75) is 58.5 Å². The number of likely N-dealkylation sites (tertiary alicyclic amines) is 1. The Morgan fingerprint density at radius 3 is 2.90 bits per heavy atom. The normalized spacial score (nSPS) is 20.5. The zero-order valence-electron chi connectivity index (χ0n) is 17.5. The molecular weight excluding hydrogens is 382 g/mol. The van der Waals surface area contributed by atoms with Crippen molar-refractivity contribution in [3.05, 3.63) is 47.6 Å². The fourth-order valence-electron chi connectivity index (χ4n) is 5.29. The molecule has 1 aliphatic carbocycles. The van der Waals surface area contributed by atoms with Gasteiger partial charge in [0, 0.05) is 43.5 Å². The molecular formula is C21H27N7O2. The Balaban J connectivity index is 1.45. The monoisotopic (exact) mass is 409 g/mol. The van der Waals surface area contributed by atoms with Crippen LogP contribution in [0.2, 0.25) is 0 Å². The number of nitrogens with zero attached hydrogens (tertiary/aromatic N) is 7. The number of hydrogen-bond donors (Lipinski definition) is 0. The standard InChI is InChI=1S/C21H27N7O2/c1-3-26-14-22-24-19(26)17-12-27(13-21(17)7-4-5-8-21)20(29)18-16(15(2)30-25-18)11-28-10-6-9-23-28/h6,9-10,14,17H,3-5,7-8,11-13H2,1-2H3. The lowest BCUT2D eigenvalue weighted by Gasteiger charge is -2.29. The van der Waals surface area contributed by atoms with Gasteiger partial charge in [0.2, 0.25) is 0 Å². The summed E-state index contributed by atoms with van der Waals surface area (Å²) in [6, 6.07) is 1.86. The van der Waals surface area contributed by atoms with E-state index in [0.29, 0.717) is 24.5 Å². The van der Waals surface area contributed by atoms with Crippen LogP contribution in [0.5, 0.6) is 0 Å². The van der Waals surface area contributed by atoms with Gasteiger partial charge in [-0.1, -0.05) is 18.0 Å². The molecule has 0 aromatic carbocycles. The van der Waals surface area contributed by atoms with Gasteiger partial charge in [-0.3, -0.25) is 9.48 Å². The van der Waals surface area contributed by atoms with E-state index < -0.39 is 0 Å². The van der Waals surface area contributed by atoms with Crippen molar-refractivity contribution in [2.24, 2.45) is 5.41 Å². The maximum atomic E-state index is 13.6. The molecule has 3 aromatic heterocycles. The third kappa shape index (κ3) is 3.03. The summed E-state index contributed by atoms with van der Waals surface area (Å²) in [7, 11) is 0. The minimum Gasteiger partial charge on any atom is -0.361 e. The Morgan fingerprint density at radius 1 is 1.33 bits per heavy atom. The number of rotatable bonds is 5. The molecule has 9 nitrogen and oxygen atoms in total. The number of hydrogen-bond acceptors (Lipinski definition) is 6.